The van der Waals surface area contributed by atoms with Crippen LogP contribution in [-0.4, -0.2) is 68.0 Å². The Morgan fingerprint density at radius 2 is 1.82 bits per heavy atom. The largest absolute Gasteiger partial charge is 0.416 e. The highest BCUT2D eigenvalue weighted by atomic mass is 32.2. The van der Waals surface area contributed by atoms with Crippen LogP contribution in [0, 0.1) is 19.8 Å². The van der Waals surface area contributed by atoms with Crippen LogP contribution in [0.3, 0.4) is 0 Å². The van der Waals surface area contributed by atoms with Gasteiger partial charge in [-0.1, -0.05) is 11.2 Å². The number of amides is 1. The predicted octanol–water partition coefficient (Wildman–Crippen LogP) is 3.06. The van der Waals surface area contributed by atoms with Crippen molar-refractivity contribution < 1.29 is 30.9 Å². The van der Waals surface area contributed by atoms with E-state index >= 15 is 0 Å². The van der Waals surface area contributed by atoms with E-state index in [-0.39, 0.29) is 28.8 Å². The van der Waals surface area contributed by atoms with Crippen molar-refractivity contribution in [3.8, 4) is 0 Å². The Bertz CT molecular complexity index is 1140. The number of piperazine rings is 1. The molecule has 2 aliphatic rings. The molecule has 1 atom stereocenters. The molecule has 2 fully saturated rings. The molecule has 0 bridgehead atoms. The number of piperidine rings is 1. The zero-order valence-electron chi connectivity index (χ0n) is 19.0. The Kier molecular flexibility index (Phi) is 6.65. The minimum absolute atomic E-state index is 0.0512. The Balaban J connectivity index is 1.40. The van der Waals surface area contributed by atoms with E-state index in [9.17, 15) is 26.4 Å². The topological polar surface area (TPSA) is 87.0 Å². The first-order valence-electron chi connectivity index (χ1n) is 11.1. The molecule has 2 aliphatic heterocycles. The number of hydrogen-bond acceptors (Lipinski definition) is 6. The number of sulfonamides is 1. The minimum Gasteiger partial charge on any atom is -0.368 e. The Hall–Kier alpha value is -2.60. The first kappa shape index (κ1) is 24.5. The molecular formula is C22H27F3N4O4S. The maximum atomic E-state index is 13.2. The van der Waals surface area contributed by atoms with Crippen LogP contribution in [0.2, 0.25) is 0 Å². The fourth-order valence-corrected chi connectivity index (χ4v) is 6.47. The summed E-state index contributed by atoms with van der Waals surface area (Å²) in [6.07, 6.45) is -3.27. The van der Waals surface area contributed by atoms with Crippen molar-refractivity contribution in [3.63, 3.8) is 0 Å². The van der Waals surface area contributed by atoms with Gasteiger partial charge in [-0.15, -0.1) is 0 Å². The lowest BCUT2D eigenvalue weighted by Gasteiger charge is -2.39. The summed E-state index contributed by atoms with van der Waals surface area (Å²) in [7, 11) is -3.83. The quantitative estimate of drug-likeness (QED) is 0.642. The van der Waals surface area contributed by atoms with Gasteiger partial charge in [0.25, 0.3) is 0 Å². The molecule has 0 aliphatic carbocycles. The number of carbonyl (C=O) groups is 1. The van der Waals surface area contributed by atoms with Crippen molar-refractivity contribution in [3.05, 3.63) is 41.3 Å². The summed E-state index contributed by atoms with van der Waals surface area (Å²) < 4.78 is 71.7. The zero-order chi connectivity index (χ0) is 24.7. The molecule has 2 aromatic rings. The van der Waals surface area contributed by atoms with E-state index in [0.29, 0.717) is 51.3 Å². The Labute approximate surface area is 196 Å². The number of aryl methyl sites for hydroxylation is 2. The van der Waals surface area contributed by atoms with Crippen molar-refractivity contribution >= 4 is 21.6 Å². The third-order valence-electron chi connectivity index (χ3n) is 6.43. The molecule has 0 spiro atoms. The van der Waals surface area contributed by atoms with Gasteiger partial charge >= 0.3 is 6.18 Å². The molecule has 1 aromatic carbocycles. The van der Waals surface area contributed by atoms with Crippen molar-refractivity contribution in [1.29, 1.82) is 0 Å². The number of alkyl halides is 3. The van der Waals surface area contributed by atoms with Crippen molar-refractivity contribution in [1.82, 2.24) is 14.4 Å². The summed E-state index contributed by atoms with van der Waals surface area (Å²) in [5, 5.41) is 3.73. The molecule has 1 unspecified atom stereocenters. The molecule has 4 rings (SSSR count). The van der Waals surface area contributed by atoms with Gasteiger partial charge in [0.2, 0.25) is 15.9 Å². The molecule has 0 saturated carbocycles. The molecule has 186 valence electrons. The molecule has 1 amide bonds. The van der Waals surface area contributed by atoms with E-state index in [1.807, 2.05) is 4.90 Å². The summed E-state index contributed by atoms with van der Waals surface area (Å²) >= 11 is 0. The average Bonchev–Trinajstić information content (AvgIpc) is 3.17. The van der Waals surface area contributed by atoms with E-state index in [0.717, 1.165) is 12.1 Å². The number of anilines is 1. The predicted molar refractivity (Wildman–Crippen MR) is 118 cm³/mol. The standard InChI is InChI=1S/C22H27F3N4O4S/c1-15-20(16(2)33-26-15)34(31,32)29-8-4-5-17(14-29)21(30)28-11-9-27(10-12-28)19-7-3-6-18(13-19)22(23,24)25/h3,6-7,13,17H,4-5,8-12,14H2,1-2H3. The smallest absolute Gasteiger partial charge is 0.368 e. The van der Waals surface area contributed by atoms with E-state index < -0.39 is 27.7 Å². The minimum atomic E-state index is -4.41. The number of benzene rings is 1. The third-order valence-corrected chi connectivity index (χ3v) is 8.54. The van der Waals surface area contributed by atoms with Gasteiger partial charge in [-0.2, -0.15) is 17.5 Å². The average molecular weight is 501 g/mol. The third kappa shape index (κ3) is 4.78. The Morgan fingerprint density at radius 1 is 1.12 bits per heavy atom. The van der Waals surface area contributed by atoms with Gasteiger partial charge in [-0.3, -0.25) is 4.79 Å². The molecule has 1 aromatic heterocycles. The van der Waals surface area contributed by atoms with Gasteiger partial charge in [-0.25, -0.2) is 8.42 Å². The number of hydrogen-bond donors (Lipinski definition) is 0. The van der Waals surface area contributed by atoms with Gasteiger partial charge in [0.15, 0.2) is 5.76 Å². The number of halogens is 3. The molecule has 0 radical (unpaired) electrons. The Morgan fingerprint density at radius 3 is 2.44 bits per heavy atom. The number of aromatic nitrogens is 1. The molecule has 12 heteroatoms. The molecule has 2 saturated heterocycles. The van der Waals surface area contributed by atoms with Crippen molar-refractivity contribution in [2.45, 2.75) is 37.8 Å². The maximum absolute atomic E-state index is 13.2. The number of carbonyl (C=O) groups excluding carboxylic acids is 1. The van der Waals surface area contributed by atoms with Gasteiger partial charge in [0.1, 0.15) is 10.6 Å². The summed E-state index contributed by atoms with van der Waals surface area (Å²) in [5.74, 6) is -0.372. The highest BCUT2D eigenvalue weighted by molar-refractivity contribution is 7.89. The van der Waals surface area contributed by atoms with Crippen molar-refractivity contribution in [2.75, 3.05) is 44.2 Å². The highest BCUT2D eigenvalue weighted by Crippen LogP contribution is 2.32. The SMILES string of the molecule is Cc1noc(C)c1S(=O)(=O)N1CCCC(C(=O)N2CCN(c3cccc(C(F)(F)F)c3)CC2)C1. The lowest BCUT2D eigenvalue weighted by molar-refractivity contribution is -0.137. The monoisotopic (exact) mass is 500 g/mol. The summed E-state index contributed by atoms with van der Waals surface area (Å²) in [6.45, 7) is 5.05. The van der Waals surface area contributed by atoms with Gasteiger partial charge in [-0.05, 0) is 44.9 Å². The first-order chi connectivity index (χ1) is 16.0. The van der Waals surface area contributed by atoms with E-state index in [1.54, 1.807) is 24.8 Å². The molecule has 3 heterocycles. The molecular weight excluding hydrogens is 473 g/mol. The molecule has 0 N–H and O–H groups in total. The lowest BCUT2D eigenvalue weighted by atomic mass is 9.97. The maximum Gasteiger partial charge on any atom is 0.416 e. The van der Waals surface area contributed by atoms with Gasteiger partial charge < -0.3 is 14.3 Å². The van der Waals surface area contributed by atoms with Crippen LogP contribution in [0.5, 0.6) is 0 Å². The van der Waals surface area contributed by atoms with E-state index in [4.69, 9.17) is 4.52 Å². The molecule has 34 heavy (non-hydrogen) atoms. The molecule has 8 nitrogen and oxygen atoms in total. The van der Waals surface area contributed by atoms with Crippen LogP contribution < -0.4 is 4.90 Å². The second kappa shape index (κ2) is 9.21. The van der Waals surface area contributed by atoms with E-state index in [2.05, 4.69) is 5.16 Å². The normalized spacial score (nSPS) is 20.6. The van der Waals surface area contributed by atoms with Crippen LogP contribution in [-0.2, 0) is 21.0 Å². The number of rotatable bonds is 4. The summed E-state index contributed by atoms with van der Waals surface area (Å²) in [4.78, 5) is 16.7. The van der Waals surface area contributed by atoms with Crippen LogP contribution in [0.25, 0.3) is 0 Å². The second-order valence-electron chi connectivity index (χ2n) is 8.72. The van der Waals surface area contributed by atoms with Crippen molar-refractivity contribution in [2.24, 2.45) is 5.92 Å². The van der Waals surface area contributed by atoms with Crippen LogP contribution in [0.1, 0.15) is 29.9 Å². The fraction of sp³-hybridized carbons (Fsp3) is 0.545. The highest BCUT2D eigenvalue weighted by Gasteiger charge is 2.38. The lowest BCUT2D eigenvalue weighted by Crippen LogP contribution is -2.53. The summed E-state index contributed by atoms with van der Waals surface area (Å²) in [6, 6.07) is 5.17. The van der Waals surface area contributed by atoms with Crippen LogP contribution in [0.15, 0.2) is 33.7 Å². The fourth-order valence-electron chi connectivity index (χ4n) is 4.66. The van der Waals surface area contributed by atoms with Crippen LogP contribution in [0.4, 0.5) is 18.9 Å². The summed E-state index contributed by atoms with van der Waals surface area (Å²) in [5.41, 5.74) is 0.0540. The van der Waals surface area contributed by atoms with E-state index in [1.165, 1.54) is 10.4 Å². The first-order valence-corrected chi connectivity index (χ1v) is 12.6. The van der Waals surface area contributed by atoms with Gasteiger partial charge in [0, 0.05) is 45.0 Å². The second-order valence-corrected chi connectivity index (χ2v) is 10.6. The zero-order valence-corrected chi connectivity index (χ0v) is 19.8. The van der Waals surface area contributed by atoms with Crippen LogP contribution >= 0.6 is 0 Å². The number of nitrogens with zero attached hydrogens (tertiary/aromatic N) is 4. The van der Waals surface area contributed by atoms with Gasteiger partial charge in [0.05, 0.1) is 11.5 Å².